The molecule has 0 spiro atoms. The first-order valence-corrected chi connectivity index (χ1v) is 12.1. The zero-order valence-electron chi connectivity index (χ0n) is 20.0. The quantitative estimate of drug-likeness (QED) is 0.131. The van der Waals surface area contributed by atoms with Crippen LogP contribution in [0.4, 0.5) is 10.5 Å². The zero-order chi connectivity index (χ0) is 26.6. The number of halogens is 1. The Kier molecular flexibility index (Phi) is 10.4. The van der Waals surface area contributed by atoms with Crippen LogP contribution in [0.25, 0.3) is 0 Å². The van der Waals surface area contributed by atoms with Crippen LogP contribution >= 0.6 is 15.9 Å². The first-order chi connectivity index (χ1) is 17.9. The molecule has 10 heteroatoms. The summed E-state index contributed by atoms with van der Waals surface area (Å²) in [7, 11) is 1.44. The van der Waals surface area contributed by atoms with Crippen LogP contribution in [0.2, 0.25) is 0 Å². The largest absolute Gasteiger partial charge is 0.504 e. The Morgan fingerprint density at radius 3 is 2.43 bits per heavy atom. The van der Waals surface area contributed by atoms with E-state index >= 15 is 0 Å². The molecular weight excluding hydrogens is 544 g/mol. The smallest absolute Gasteiger partial charge is 0.412 e. The normalized spacial score (nSPS) is 12.4. The van der Waals surface area contributed by atoms with Crippen LogP contribution in [0.15, 0.2) is 89.4 Å². The van der Waals surface area contributed by atoms with Gasteiger partial charge in [0, 0.05) is 21.8 Å². The standard InChI is InChI=1S/C27H27BrN2O7/c1-35-23-16-11-18(17-22(23)31)26(37-27(33)29-20-14-12-19(28)13-15-20)24(9-5-6-10-25(32)30-34)36-21-7-3-2-4-8-21/h2-4,6-8,10-17,24,26,31,34H,5,9H2,1H3,(H,29,33)(H,30,32)/b10-6+/t24-,26-/m0/s1. The Bertz CT molecular complexity index is 1200. The van der Waals surface area contributed by atoms with Crippen molar-refractivity contribution in [1.82, 2.24) is 5.48 Å². The van der Waals surface area contributed by atoms with Gasteiger partial charge in [-0.1, -0.05) is 46.3 Å². The molecule has 0 unspecified atom stereocenters. The van der Waals surface area contributed by atoms with Crippen LogP contribution in [-0.4, -0.2) is 35.5 Å². The first-order valence-electron chi connectivity index (χ1n) is 11.3. The number of phenols is 1. The number of carbonyl (C=O) groups excluding carboxylic acids is 2. The molecule has 2 amide bonds. The van der Waals surface area contributed by atoms with Crippen molar-refractivity contribution in [3.05, 3.63) is 95.0 Å². The maximum absolute atomic E-state index is 12.9. The van der Waals surface area contributed by atoms with Gasteiger partial charge in [0.05, 0.1) is 7.11 Å². The molecule has 9 nitrogen and oxygen atoms in total. The minimum absolute atomic E-state index is 0.125. The number of methoxy groups -OCH3 is 1. The Balaban J connectivity index is 1.91. The van der Waals surface area contributed by atoms with E-state index in [1.165, 1.54) is 24.7 Å². The number of aromatic hydroxyl groups is 1. The molecule has 4 N–H and O–H groups in total. The van der Waals surface area contributed by atoms with Gasteiger partial charge in [-0.25, -0.2) is 10.3 Å². The van der Waals surface area contributed by atoms with Gasteiger partial charge in [-0.15, -0.1) is 0 Å². The third-order valence-corrected chi connectivity index (χ3v) is 5.75. The van der Waals surface area contributed by atoms with Crippen molar-refractivity contribution in [3.8, 4) is 17.2 Å². The van der Waals surface area contributed by atoms with Gasteiger partial charge in [-0.05, 0) is 61.4 Å². The second kappa shape index (κ2) is 13.9. The van der Waals surface area contributed by atoms with E-state index in [0.29, 0.717) is 29.8 Å². The number of hydrogen-bond donors (Lipinski definition) is 4. The number of hydrogen-bond acceptors (Lipinski definition) is 7. The lowest BCUT2D eigenvalue weighted by Gasteiger charge is -2.28. The summed E-state index contributed by atoms with van der Waals surface area (Å²) >= 11 is 3.36. The van der Waals surface area contributed by atoms with Gasteiger partial charge in [0.1, 0.15) is 11.9 Å². The van der Waals surface area contributed by atoms with E-state index in [2.05, 4.69) is 21.2 Å². The van der Waals surface area contributed by atoms with Crippen LogP contribution in [0, 0.1) is 0 Å². The van der Waals surface area contributed by atoms with Gasteiger partial charge in [0.2, 0.25) is 0 Å². The Labute approximate surface area is 222 Å². The fourth-order valence-electron chi connectivity index (χ4n) is 3.47. The summed E-state index contributed by atoms with van der Waals surface area (Å²) in [5.74, 6) is 0.0201. The van der Waals surface area contributed by atoms with Crippen LogP contribution in [0.1, 0.15) is 24.5 Å². The van der Waals surface area contributed by atoms with Crippen molar-refractivity contribution in [3.63, 3.8) is 0 Å². The lowest BCUT2D eigenvalue weighted by molar-refractivity contribution is -0.124. The van der Waals surface area contributed by atoms with Crippen molar-refractivity contribution < 1.29 is 34.1 Å². The number of rotatable bonds is 11. The highest BCUT2D eigenvalue weighted by Gasteiger charge is 2.30. The molecule has 0 aliphatic heterocycles. The maximum Gasteiger partial charge on any atom is 0.412 e. The van der Waals surface area contributed by atoms with Crippen molar-refractivity contribution >= 4 is 33.6 Å². The van der Waals surface area contributed by atoms with Gasteiger partial charge in [-0.3, -0.25) is 15.3 Å². The summed E-state index contributed by atoms with van der Waals surface area (Å²) in [6.45, 7) is 0. The van der Waals surface area contributed by atoms with Gasteiger partial charge in [0.15, 0.2) is 17.6 Å². The fourth-order valence-corrected chi connectivity index (χ4v) is 3.74. The van der Waals surface area contributed by atoms with E-state index in [-0.39, 0.29) is 11.5 Å². The van der Waals surface area contributed by atoms with Crippen LogP contribution in [0.5, 0.6) is 17.2 Å². The highest BCUT2D eigenvalue weighted by atomic mass is 79.9. The van der Waals surface area contributed by atoms with Crippen LogP contribution < -0.4 is 20.3 Å². The number of para-hydroxylation sites is 1. The highest BCUT2D eigenvalue weighted by molar-refractivity contribution is 9.10. The van der Waals surface area contributed by atoms with Crippen molar-refractivity contribution in [2.45, 2.75) is 25.0 Å². The lowest BCUT2D eigenvalue weighted by Crippen LogP contribution is -2.31. The molecule has 0 aromatic heterocycles. The second-order valence-corrected chi connectivity index (χ2v) is 8.73. The topological polar surface area (TPSA) is 126 Å². The zero-order valence-corrected chi connectivity index (χ0v) is 21.6. The number of anilines is 1. The van der Waals surface area contributed by atoms with Crippen molar-refractivity contribution in [2.75, 3.05) is 12.4 Å². The third kappa shape index (κ3) is 8.55. The fraction of sp³-hybridized carbons (Fsp3) is 0.185. The number of amides is 2. The molecule has 0 heterocycles. The highest BCUT2D eigenvalue weighted by Crippen LogP contribution is 2.34. The molecule has 0 aliphatic rings. The summed E-state index contributed by atoms with van der Waals surface area (Å²) in [5.41, 5.74) is 2.54. The van der Waals surface area contributed by atoms with Gasteiger partial charge in [-0.2, -0.15) is 0 Å². The minimum Gasteiger partial charge on any atom is -0.504 e. The van der Waals surface area contributed by atoms with Crippen LogP contribution in [0.3, 0.4) is 0 Å². The number of hydroxylamine groups is 1. The molecule has 37 heavy (non-hydrogen) atoms. The summed E-state index contributed by atoms with van der Waals surface area (Å²) in [6, 6.07) is 20.7. The SMILES string of the molecule is COc1ccc([C@H](OC(=O)Nc2ccc(Br)cc2)[C@H](CC/C=C/C(=O)NO)Oc2ccccc2)cc1O. The monoisotopic (exact) mass is 570 g/mol. The van der Waals surface area contributed by atoms with Crippen molar-refractivity contribution in [2.24, 2.45) is 0 Å². The molecule has 3 aromatic rings. The third-order valence-electron chi connectivity index (χ3n) is 5.22. The molecule has 2 atom stereocenters. The average Bonchev–Trinajstić information content (AvgIpc) is 2.90. The summed E-state index contributed by atoms with van der Waals surface area (Å²) in [5, 5.41) is 21.8. The summed E-state index contributed by atoms with van der Waals surface area (Å²) in [4.78, 5) is 24.3. The van der Waals surface area contributed by atoms with Gasteiger partial charge in [0.25, 0.3) is 5.91 Å². The molecule has 0 fully saturated rings. The molecule has 0 bridgehead atoms. The lowest BCUT2D eigenvalue weighted by atomic mass is 9.99. The van der Waals surface area contributed by atoms with E-state index in [9.17, 15) is 14.7 Å². The summed E-state index contributed by atoms with van der Waals surface area (Å²) in [6.07, 6.45) is 1.06. The number of benzene rings is 3. The molecule has 3 rings (SSSR count). The van der Waals surface area contributed by atoms with E-state index in [4.69, 9.17) is 19.4 Å². The predicted molar refractivity (Wildman–Crippen MR) is 141 cm³/mol. The molecule has 0 radical (unpaired) electrons. The Morgan fingerprint density at radius 2 is 1.78 bits per heavy atom. The van der Waals surface area contributed by atoms with Crippen molar-refractivity contribution in [1.29, 1.82) is 0 Å². The Hall–Kier alpha value is -4.02. The van der Waals surface area contributed by atoms with E-state index in [1.54, 1.807) is 54.6 Å². The second-order valence-electron chi connectivity index (χ2n) is 7.81. The number of ether oxygens (including phenoxy) is 3. The van der Waals surface area contributed by atoms with E-state index in [1.807, 2.05) is 18.2 Å². The number of carbonyl (C=O) groups is 2. The maximum atomic E-state index is 12.9. The van der Waals surface area contributed by atoms with Gasteiger partial charge < -0.3 is 19.3 Å². The van der Waals surface area contributed by atoms with Gasteiger partial charge >= 0.3 is 6.09 Å². The number of nitrogens with one attached hydrogen (secondary N) is 2. The summed E-state index contributed by atoms with van der Waals surface area (Å²) < 4.78 is 18.1. The molecule has 194 valence electrons. The molecule has 0 saturated carbocycles. The number of allylic oxidation sites excluding steroid dienone is 1. The van der Waals surface area contributed by atoms with E-state index < -0.39 is 24.2 Å². The molecule has 3 aromatic carbocycles. The van der Waals surface area contributed by atoms with E-state index in [0.717, 1.165) is 4.47 Å². The number of phenolic OH excluding ortho intramolecular Hbond substituents is 1. The Morgan fingerprint density at radius 1 is 1.05 bits per heavy atom. The average molecular weight is 571 g/mol. The minimum atomic E-state index is -0.951. The molecular formula is C27H27BrN2O7. The molecule has 0 saturated heterocycles. The predicted octanol–water partition coefficient (Wildman–Crippen LogP) is 5.74. The van der Waals surface area contributed by atoms with Crippen LogP contribution in [-0.2, 0) is 9.53 Å². The first kappa shape index (κ1) is 27.6. The molecule has 0 aliphatic carbocycles.